The topological polar surface area (TPSA) is 77.5 Å². The quantitative estimate of drug-likeness (QED) is 0.226. The molecule has 0 bridgehead atoms. The van der Waals surface area contributed by atoms with Crippen LogP contribution in [0.2, 0.25) is 0 Å². The van der Waals surface area contributed by atoms with Crippen molar-refractivity contribution >= 4 is 49.9 Å². The van der Waals surface area contributed by atoms with Crippen LogP contribution < -0.4 is 10.1 Å². The summed E-state index contributed by atoms with van der Waals surface area (Å²) in [7, 11) is 0. The van der Waals surface area contributed by atoms with E-state index in [1.165, 1.54) is 0 Å². The molecule has 6 nitrogen and oxygen atoms in total. The first-order valence-electron chi connectivity index (χ1n) is 12.2. The monoisotopic (exact) mass is 510 g/mol. The molecule has 0 saturated carbocycles. The smallest absolute Gasteiger partial charge is 0.339 e. The Balaban J connectivity index is 1.42. The Bertz CT molecular complexity index is 1540. The molecule has 1 heterocycles. The van der Waals surface area contributed by atoms with E-state index in [1.54, 1.807) is 41.7 Å². The van der Waals surface area contributed by atoms with Crippen molar-refractivity contribution in [3.8, 4) is 16.3 Å². The Labute approximate surface area is 218 Å². The van der Waals surface area contributed by atoms with Crippen LogP contribution in [0.25, 0.3) is 31.6 Å². The number of aromatic nitrogens is 1. The third-order valence-corrected chi connectivity index (χ3v) is 7.06. The van der Waals surface area contributed by atoms with Crippen LogP contribution in [-0.2, 0) is 9.53 Å². The fourth-order valence-electron chi connectivity index (χ4n) is 4.22. The third kappa shape index (κ3) is 5.17. The van der Waals surface area contributed by atoms with E-state index in [0.29, 0.717) is 24.3 Å². The van der Waals surface area contributed by atoms with Crippen molar-refractivity contribution in [2.45, 2.75) is 26.4 Å². The number of rotatable bonds is 8. The van der Waals surface area contributed by atoms with Crippen LogP contribution >= 0.6 is 11.3 Å². The number of para-hydroxylation sites is 1. The first kappa shape index (κ1) is 24.5. The number of amides is 1. The lowest BCUT2D eigenvalue weighted by molar-refractivity contribution is -0.124. The number of nitrogens with one attached hydrogen (secondary N) is 1. The molecule has 186 valence electrons. The van der Waals surface area contributed by atoms with E-state index in [9.17, 15) is 9.59 Å². The van der Waals surface area contributed by atoms with E-state index in [-0.39, 0.29) is 5.91 Å². The summed E-state index contributed by atoms with van der Waals surface area (Å²) in [5, 5.41) is 5.32. The molecule has 1 N–H and O–H groups in total. The molecule has 5 aromatic rings. The van der Waals surface area contributed by atoms with Crippen LogP contribution in [0, 0.1) is 0 Å². The lowest BCUT2D eigenvalue weighted by atomic mass is 9.99. The zero-order chi connectivity index (χ0) is 25.8. The van der Waals surface area contributed by atoms with Gasteiger partial charge in [0.25, 0.3) is 5.91 Å². The van der Waals surface area contributed by atoms with Gasteiger partial charge in [0, 0.05) is 16.6 Å². The minimum absolute atomic E-state index is 0.337. The highest BCUT2D eigenvalue weighted by molar-refractivity contribution is 7.21. The van der Waals surface area contributed by atoms with Crippen molar-refractivity contribution in [3.05, 3.63) is 90.5 Å². The molecule has 0 saturated heterocycles. The molecule has 1 amide bonds. The van der Waals surface area contributed by atoms with E-state index in [4.69, 9.17) is 14.5 Å². The lowest BCUT2D eigenvalue weighted by Crippen LogP contribution is -2.32. The van der Waals surface area contributed by atoms with E-state index in [0.717, 1.165) is 37.3 Å². The van der Waals surface area contributed by atoms with Crippen molar-refractivity contribution in [1.82, 2.24) is 4.98 Å². The van der Waals surface area contributed by atoms with Crippen molar-refractivity contribution in [3.63, 3.8) is 0 Å². The summed E-state index contributed by atoms with van der Waals surface area (Å²) in [5.74, 6) is -0.210. The summed E-state index contributed by atoms with van der Waals surface area (Å²) in [6, 6.07) is 26.4. The van der Waals surface area contributed by atoms with Crippen LogP contribution in [0.15, 0.2) is 84.9 Å². The molecular weight excluding hydrogens is 484 g/mol. The summed E-state index contributed by atoms with van der Waals surface area (Å²) in [6.07, 6.45) is -0.603. The molecule has 0 aliphatic heterocycles. The maximum absolute atomic E-state index is 13.4. The van der Waals surface area contributed by atoms with Gasteiger partial charge in [0.1, 0.15) is 10.8 Å². The Hall–Kier alpha value is -4.23. The number of benzene rings is 4. The maximum atomic E-state index is 13.4. The summed E-state index contributed by atoms with van der Waals surface area (Å²) in [4.78, 5) is 31.2. The standard InChI is InChI=1S/C30H26N2O4S/c1-3-25(28(33)31-20-15-17-21(18-16-20)35-4-2)36-30(34)23-12-8-10-19-9-7-11-22(27(19)23)29-32-24-13-5-6-14-26(24)37-29/h5-18,25H,3-4H2,1-2H3,(H,31,33). The number of carbonyl (C=O) groups excluding carboxylic acids is 2. The van der Waals surface area contributed by atoms with Crippen LogP contribution in [0.4, 0.5) is 5.69 Å². The van der Waals surface area contributed by atoms with E-state index in [2.05, 4.69) is 5.32 Å². The number of hydrogen-bond acceptors (Lipinski definition) is 6. The second-order valence-corrected chi connectivity index (χ2v) is 9.48. The van der Waals surface area contributed by atoms with Crippen molar-refractivity contribution in [2.75, 3.05) is 11.9 Å². The molecule has 1 aromatic heterocycles. The van der Waals surface area contributed by atoms with Gasteiger partial charge in [-0.3, -0.25) is 4.79 Å². The van der Waals surface area contributed by atoms with E-state index >= 15 is 0 Å². The van der Waals surface area contributed by atoms with Gasteiger partial charge in [-0.05, 0) is 61.2 Å². The number of hydrogen-bond donors (Lipinski definition) is 1. The number of ether oxygens (including phenoxy) is 2. The van der Waals surface area contributed by atoms with Gasteiger partial charge in [0.2, 0.25) is 0 Å². The molecule has 5 rings (SSSR count). The van der Waals surface area contributed by atoms with Gasteiger partial charge in [-0.2, -0.15) is 0 Å². The van der Waals surface area contributed by atoms with E-state index < -0.39 is 12.1 Å². The van der Waals surface area contributed by atoms with Gasteiger partial charge in [0.15, 0.2) is 6.10 Å². The number of carbonyl (C=O) groups is 2. The summed E-state index contributed by atoms with van der Waals surface area (Å²) in [6.45, 7) is 4.29. The summed E-state index contributed by atoms with van der Waals surface area (Å²) < 4.78 is 12.3. The number of fused-ring (bicyclic) bond motifs is 2. The average molecular weight is 511 g/mol. The molecule has 37 heavy (non-hydrogen) atoms. The molecule has 0 aliphatic rings. The van der Waals surface area contributed by atoms with Crippen LogP contribution in [0.1, 0.15) is 30.6 Å². The van der Waals surface area contributed by atoms with Crippen LogP contribution in [-0.4, -0.2) is 29.6 Å². The van der Waals surface area contributed by atoms with E-state index in [1.807, 2.05) is 68.4 Å². The molecule has 0 spiro atoms. The SMILES string of the molecule is CCOc1ccc(NC(=O)C(CC)OC(=O)c2cccc3cccc(-c4nc5ccccc5s4)c23)cc1. The lowest BCUT2D eigenvalue weighted by Gasteiger charge is -2.17. The number of anilines is 1. The molecule has 0 radical (unpaired) electrons. The molecule has 7 heteroatoms. The zero-order valence-electron chi connectivity index (χ0n) is 20.6. The normalized spacial score (nSPS) is 11.8. The fraction of sp³-hybridized carbons (Fsp3) is 0.167. The Morgan fingerprint density at radius 2 is 1.68 bits per heavy atom. The maximum Gasteiger partial charge on any atom is 0.339 e. The Morgan fingerprint density at radius 3 is 2.41 bits per heavy atom. The molecule has 4 aromatic carbocycles. The largest absolute Gasteiger partial charge is 0.494 e. The van der Waals surface area contributed by atoms with Gasteiger partial charge in [-0.1, -0.05) is 49.4 Å². The minimum atomic E-state index is -0.941. The Kier molecular flexibility index (Phi) is 7.14. The van der Waals surface area contributed by atoms with Crippen molar-refractivity contribution in [2.24, 2.45) is 0 Å². The van der Waals surface area contributed by atoms with Crippen molar-refractivity contribution < 1.29 is 19.1 Å². The van der Waals surface area contributed by atoms with Crippen molar-refractivity contribution in [1.29, 1.82) is 0 Å². The number of esters is 1. The van der Waals surface area contributed by atoms with Crippen LogP contribution in [0.3, 0.4) is 0 Å². The first-order valence-corrected chi connectivity index (χ1v) is 13.0. The highest BCUT2D eigenvalue weighted by atomic mass is 32.1. The predicted octanol–water partition coefficient (Wildman–Crippen LogP) is 7.09. The van der Waals surface area contributed by atoms with Gasteiger partial charge in [-0.25, -0.2) is 9.78 Å². The zero-order valence-corrected chi connectivity index (χ0v) is 21.4. The minimum Gasteiger partial charge on any atom is -0.494 e. The third-order valence-electron chi connectivity index (χ3n) is 5.99. The second kappa shape index (κ2) is 10.8. The number of nitrogens with zero attached hydrogens (tertiary/aromatic N) is 1. The highest BCUT2D eigenvalue weighted by Gasteiger charge is 2.24. The molecule has 1 atom stereocenters. The van der Waals surface area contributed by atoms with Gasteiger partial charge < -0.3 is 14.8 Å². The summed E-state index contributed by atoms with van der Waals surface area (Å²) >= 11 is 1.58. The van der Waals surface area contributed by atoms with Crippen LogP contribution in [0.5, 0.6) is 5.75 Å². The fourth-order valence-corrected chi connectivity index (χ4v) is 5.21. The first-order chi connectivity index (χ1) is 18.1. The Morgan fingerprint density at radius 1 is 0.919 bits per heavy atom. The molecular formula is C30H26N2O4S. The molecule has 0 fully saturated rings. The number of thiazole rings is 1. The van der Waals surface area contributed by atoms with Gasteiger partial charge >= 0.3 is 5.97 Å². The molecule has 0 aliphatic carbocycles. The highest BCUT2D eigenvalue weighted by Crippen LogP contribution is 2.36. The molecule has 1 unspecified atom stereocenters. The van der Waals surface area contributed by atoms with Gasteiger partial charge in [0.05, 0.1) is 22.4 Å². The van der Waals surface area contributed by atoms with Gasteiger partial charge in [-0.15, -0.1) is 11.3 Å². The predicted molar refractivity (Wildman–Crippen MR) is 148 cm³/mol. The average Bonchev–Trinajstić information content (AvgIpc) is 3.36. The summed E-state index contributed by atoms with van der Waals surface area (Å²) in [5.41, 5.74) is 2.78. The second-order valence-electron chi connectivity index (χ2n) is 8.44.